The Bertz CT molecular complexity index is 854. The molecule has 1 unspecified atom stereocenters. The van der Waals surface area contributed by atoms with Crippen molar-refractivity contribution >= 4 is 22.7 Å². The van der Waals surface area contributed by atoms with Crippen molar-refractivity contribution in [1.82, 2.24) is 4.98 Å². The number of aliphatic hydroxyl groups is 1. The van der Waals surface area contributed by atoms with E-state index in [1.54, 1.807) is 17.4 Å². The summed E-state index contributed by atoms with van der Waals surface area (Å²) in [6.45, 7) is 0.633. The molecule has 3 heterocycles. The number of pyridine rings is 1. The van der Waals surface area contributed by atoms with Crippen molar-refractivity contribution in [3.05, 3.63) is 48.9 Å². The maximum absolute atomic E-state index is 12.0. The zero-order valence-corrected chi connectivity index (χ0v) is 12.5. The number of hydrogen-bond acceptors (Lipinski definition) is 4. The average Bonchev–Trinajstić information content (AvgIpc) is 3.20. The van der Waals surface area contributed by atoms with Crippen LogP contribution in [0.25, 0.3) is 22.2 Å². The summed E-state index contributed by atoms with van der Waals surface area (Å²) in [6, 6.07) is 11.8. The predicted octanol–water partition coefficient (Wildman–Crippen LogP) is 2.84. The van der Waals surface area contributed by atoms with E-state index in [-0.39, 0.29) is 18.4 Å². The highest BCUT2D eigenvalue weighted by Crippen LogP contribution is 2.28. The molecule has 2 aromatic heterocycles. The van der Waals surface area contributed by atoms with Gasteiger partial charge < -0.3 is 14.4 Å². The number of aliphatic hydroxyl groups excluding tert-OH is 1. The molecule has 1 aromatic carbocycles. The Morgan fingerprint density at radius 3 is 2.78 bits per heavy atom. The number of rotatable bonds is 3. The molecule has 1 saturated heterocycles. The number of carbonyl (C=O) groups excluding carboxylic acids is 1. The molecule has 1 amide bonds. The Labute approximate surface area is 133 Å². The normalized spacial score (nSPS) is 18.0. The lowest BCUT2D eigenvalue weighted by molar-refractivity contribution is -0.117. The molecule has 1 aliphatic heterocycles. The first-order chi connectivity index (χ1) is 11.2. The van der Waals surface area contributed by atoms with Crippen LogP contribution < -0.4 is 4.90 Å². The average molecular weight is 308 g/mol. The second kappa shape index (κ2) is 5.52. The zero-order valence-electron chi connectivity index (χ0n) is 12.5. The molecule has 116 valence electrons. The fourth-order valence-corrected chi connectivity index (χ4v) is 3.00. The topological polar surface area (TPSA) is 66.6 Å². The van der Waals surface area contributed by atoms with Crippen LogP contribution in [0.5, 0.6) is 0 Å². The van der Waals surface area contributed by atoms with Crippen LogP contribution in [0.3, 0.4) is 0 Å². The van der Waals surface area contributed by atoms with E-state index < -0.39 is 0 Å². The van der Waals surface area contributed by atoms with Crippen LogP contribution in [-0.4, -0.2) is 29.1 Å². The van der Waals surface area contributed by atoms with E-state index in [1.807, 2.05) is 36.4 Å². The number of carbonyl (C=O) groups is 1. The van der Waals surface area contributed by atoms with Gasteiger partial charge in [-0.25, -0.2) is 4.98 Å². The number of amides is 1. The minimum Gasteiger partial charge on any atom is -0.446 e. The summed E-state index contributed by atoms with van der Waals surface area (Å²) in [5.41, 5.74) is 3.54. The molecule has 0 saturated carbocycles. The van der Waals surface area contributed by atoms with Crippen molar-refractivity contribution in [2.45, 2.75) is 6.42 Å². The maximum Gasteiger partial charge on any atom is 0.227 e. The highest BCUT2D eigenvalue weighted by molar-refractivity contribution is 5.96. The first kappa shape index (κ1) is 14.0. The summed E-state index contributed by atoms with van der Waals surface area (Å²) < 4.78 is 5.25. The Kier molecular flexibility index (Phi) is 3.35. The van der Waals surface area contributed by atoms with E-state index in [4.69, 9.17) is 4.42 Å². The monoisotopic (exact) mass is 308 g/mol. The van der Waals surface area contributed by atoms with Gasteiger partial charge in [0.05, 0.1) is 6.26 Å². The van der Waals surface area contributed by atoms with Crippen molar-refractivity contribution in [2.24, 2.45) is 5.92 Å². The third-order valence-electron chi connectivity index (χ3n) is 4.28. The molecule has 0 aliphatic carbocycles. The molecule has 0 radical (unpaired) electrons. The van der Waals surface area contributed by atoms with Crippen LogP contribution in [0.1, 0.15) is 6.42 Å². The van der Waals surface area contributed by atoms with Gasteiger partial charge in [-0.3, -0.25) is 4.79 Å². The minimum absolute atomic E-state index is 0.0369. The SMILES string of the molecule is O=C1CC(CO)CN1c1ccc(-c2cnc3occc3c2)cc1. The minimum atomic E-state index is 0.0369. The van der Waals surface area contributed by atoms with Gasteiger partial charge in [-0.1, -0.05) is 12.1 Å². The number of fused-ring (bicyclic) bond motifs is 1. The first-order valence-electron chi connectivity index (χ1n) is 7.59. The molecule has 5 nitrogen and oxygen atoms in total. The van der Waals surface area contributed by atoms with Crippen LogP contribution in [0.4, 0.5) is 5.69 Å². The number of aromatic nitrogens is 1. The van der Waals surface area contributed by atoms with Gasteiger partial charge in [0.1, 0.15) is 0 Å². The van der Waals surface area contributed by atoms with Crippen molar-refractivity contribution in [1.29, 1.82) is 0 Å². The van der Waals surface area contributed by atoms with E-state index in [2.05, 4.69) is 4.98 Å². The highest BCUT2D eigenvalue weighted by atomic mass is 16.3. The molecule has 1 N–H and O–H groups in total. The lowest BCUT2D eigenvalue weighted by atomic mass is 10.1. The second-order valence-electron chi connectivity index (χ2n) is 5.84. The Morgan fingerprint density at radius 1 is 1.22 bits per heavy atom. The summed E-state index contributed by atoms with van der Waals surface area (Å²) in [6.07, 6.45) is 3.82. The van der Waals surface area contributed by atoms with Crippen LogP contribution in [-0.2, 0) is 4.79 Å². The van der Waals surface area contributed by atoms with Gasteiger partial charge in [0.15, 0.2) is 0 Å². The van der Waals surface area contributed by atoms with E-state index in [0.717, 1.165) is 22.2 Å². The van der Waals surface area contributed by atoms with Gasteiger partial charge >= 0.3 is 0 Å². The molecule has 1 aliphatic rings. The predicted molar refractivity (Wildman–Crippen MR) is 87.0 cm³/mol. The standard InChI is InChI=1S/C18H16N2O3/c21-11-12-7-17(22)20(10-12)16-3-1-13(2-4-16)15-8-14-5-6-23-18(14)19-9-15/h1-6,8-9,12,21H,7,10-11H2. The van der Waals surface area contributed by atoms with E-state index in [1.165, 1.54) is 0 Å². The summed E-state index contributed by atoms with van der Waals surface area (Å²) >= 11 is 0. The third-order valence-corrected chi connectivity index (χ3v) is 4.28. The summed E-state index contributed by atoms with van der Waals surface area (Å²) in [7, 11) is 0. The van der Waals surface area contributed by atoms with Gasteiger partial charge in [-0.2, -0.15) is 0 Å². The molecule has 1 fully saturated rings. The van der Waals surface area contributed by atoms with E-state index >= 15 is 0 Å². The zero-order chi connectivity index (χ0) is 15.8. The molecule has 3 aromatic rings. The molecule has 4 rings (SSSR count). The lowest BCUT2D eigenvalue weighted by Crippen LogP contribution is -2.24. The van der Waals surface area contributed by atoms with Crippen LogP contribution >= 0.6 is 0 Å². The lowest BCUT2D eigenvalue weighted by Gasteiger charge is -2.16. The molecule has 0 spiro atoms. The molecule has 1 atom stereocenters. The van der Waals surface area contributed by atoms with Gasteiger partial charge in [-0.05, 0) is 29.8 Å². The van der Waals surface area contributed by atoms with Crippen molar-refractivity contribution < 1.29 is 14.3 Å². The number of anilines is 1. The molecule has 5 heteroatoms. The summed E-state index contributed by atoms with van der Waals surface area (Å²) in [5.74, 6) is 0.105. The maximum atomic E-state index is 12.0. The molecule has 0 bridgehead atoms. The molecular formula is C18H16N2O3. The quantitative estimate of drug-likeness (QED) is 0.808. The Balaban J connectivity index is 1.61. The van der Waals surface area contributed by atoms with Gasteiger partial charge in [0.2, 0.25) is 11.6 Å². The van der Waals surface area contributed by atoms with Gasteiger partial charge in [-0.15, -0.1) is 0 Å². The van der Waals surface area contributed by atoms with Crippen LogP contribution in [0.2, 0.25) is 0 Å². The largest absolute Gasteiger partial charge is 0.446 e. The van der Waals surface area contributed by atoms with E-state index in [9.17, 15) is 9.90 Å². The summed E-state index contributed by atoms with van der Waals surface area (Å²) in [4.78, 5) is 18.0. The number of benzene rings is 1. The van der Waals surface area contributed by atoms with Crippen LogP contribution in [0, 0.1) is 5.92 Å². The number of furan rings is 1. The fraction of sp³-hybridized carbons (Fsp3) is 0.222. The highest BCUT2D eigenvalue weighted by Gasteiger charge is 2.29. The van der Waals surface area contributed by atoms with Crippen LogP contribution in [0.15, 0.2) is 53.3 Å². The van der Waals surface area contributed by atoms with Gasteiger partial charge in [0.25, 0.3) is 0 Å². The fourth-order valence-electron chi connectivity index (χ4n) is 3.00. The molecular weight excluding hydrogens is 292 g/mol. The molecule has 23 heavy (non-hydrogen) atoms. The second-order valence-corrected chi connectivity index (χ2v) is 5.84. The Morgan fingerprint density at radius 2 is 2.04 bits per heavy atom. The number of nitrogens with zero attached hydrogens (tertiary/aromatic N) is 2. The first-order valence-corrected chi connectivity index (χ1v) is 7.59. The summed E-state index contributed by atoms with van der Waals surface area (Å²) in [5, 5.41) is 10.2. The van der Waals surface area contributed by atoms with Gasteiger partial charge in [0, 0.05) is 48.3 Å². The van der Waals surface area contributed by atoms with Crippen molar-refractivity contribution in [3.8, 4) is 11.1 Å². The van der Waals surface area contributed by atoms with Crippen molar-refractivity contribution in [3.63, 3.8) is 0 Å². The number of hydrogen-bond donors (Lipinski definition) is 1. The Hall–Kier alpha value is -2.66. The van der Waals surface area contributed by atoms with E-state index in [0.29, 0.717) is 18.7 Å². The van der Waals surface area contributed by atoms with Crippen molar-refractivity contribution in [2.75, 3.05) is 18.1 Å². The third kappa shape index (κ3) is 2.49. The smallest absolute Gasteiger partial charge is 0.227 e.